The first-order chi connectivity index (χ1) is 16.8. The van der Waals surface area contributed by atoms with Crippen molar-refractivity contribution in [3.63, 3.8) is 0 Å². The first-order valence-electron chi connectivity index (χ1n) is 13.3. The number of β-amino-alcohol motifs (C(OH)–C–C–N with tert-alkyl or cyclic N) is 1. The highest BCUT2D eigenvalue weighted by molar-refractivity contribution is 5.73. The van der Waals surface area contributed by atoms with Crippen molar-refractivity contribution >= 4 is 5.91 Å². The molecular formula is C27H44N4O4. The van der Waals surface area contributed by atoms with Crippen LogP contribution >= 0.6 is 0 Å². The number of piperazine rings is 1. The highest BCUT2D eigenvalue weighted by Gasteiger charge is 2.38. The third-order valence-corrected chi connectivity index (χ3v) is 7.92. The number of hydrogen-bond acceptors (Lipinski definition) is 7. The molecule has 0 bridgehead atoms. The molecule has 196 valence electrons. The molecule has 1 aromatic rings. The van der Waals surface area contributed by atoms with Crippen LogP contribution in [-0.4, -0.2) is 115 Å². The predicted octanol–water partition coefficient (Wildman–Crippen LogP) is 1.91. The topological polar surface area (TPSA) is 68.7 Å². The molecule has 4 rings (SSSR count). The van der Waals surface area contributed by atoms with E-state index in [1.165, 1.54) is 18.4 Å². The highest BCUT2D eigenvalue weighted by Crippen LogP contribution is 2.30. The Labute approximate surface area is 210 Å². The van der Waals surface area contributed by atoms with Crippen LogP contribution in [0.5, 0.6) is 11.5 Å². The van der Waals surface area contributed by atoms with Crippen molar-refractivity contribution in [2.24, 2.45) is 5.92 Å². The SMILES string of the molecule is COc1cc(CN2CC[C@](O)(CN3CCN(C(C)=O)CC3)C2)ccc1OCCN1CCC(C)CC1. The standard InChI is InChI=1S/C27H44N4O4/c1-22-6-9-28(10-7-22)16-17-35-25-5-4-24(18-26(25)34-3)19-30-11-8-27(33,21-30)20-29-12-14-31(15-13-29)23(2)32/h4-5,18,22,33H,6-17,19-21H2,1-3H3/t27-/m0/s1. The zero-order chi connectivity index (χ0) is 24.8. The summed E-state index contributed by atoms with van der Waals surface area (Å²) in [7, 11) is 1.69. The van der Waals surface area contributed by atoms with Gasteiger partial charge in [0, 0.05) is 65.8 Å². The number of hydrogen-bond donors (Lipinski definition) is 1. The quantitative estimate of drug-likeness (QED) is 0.570. The smallest absolute Gasteiger partial charge is 0.219 e. The fraction of sp³-hybridized carbons (Fsp3) is 0.741. The summed E-state index contributed by atoms with van der Waals surface area (Å²) in [6.45, 7) is 14.1. The van der Waals surface area contributed by atoms with Crippen molar-refractivity contribution in [3.05, 3.63) is 23.8 Å². The van der Waals surface area contributed by atoms with Gasteiger partial charge in [-0.15, -0.1) is 0 Å². The molecule has 3 fully saturated rings. The molecule has 1 N–H and O–H groups in total. The van der Waals surface area contributed by atoms with Crippen LogP contribution in [0.25, 0.3) is 0 Å². The lowest BCUT2D eigenvalue weighted by atomic mass is 9.99. The summed E-state index contributed by atoms with van der Waals surface area (Å²) < 4.78 is 11.7. The third-order valence-electron chi connectivity index (χ3n) is 7.92. The van der Waals surface area contributed by atoms with Gasteiger partial charge in [-0.1, -0.05) is 13.0 Å². The molecule has 3 heterocycles. The molecule has 8 nitrogen and oxygen atoms in total. The molecule has 0 radical (unpaired) electrons. The Hall–Kier alpha value is -1.87. The average Bonchev–Trinajstić information content (AvgIpc) is 3.21. The summed E-state index contributed by atoms with van der Waals surface area (Å²) in [6, 6.07) is 6.19. The predicted molar refractivity (Wildman–Crippen MR) is 137 cm³/mol. The van der Waals surface area contributed by atoms with Crippen LogP contribution in [0.3, 0.4) is 0 Å². The highest BCUT2D eigenvalue weighted by atomic mass is 16.5. The first-order valence-corrected chi connectivity index (χ1v) is 13.3. The molecule has 1 atom stereocenters. The number of carbonyl (C=O) groups is 1. The Balaban J connectivity index is 1.23. The number of rotatable bonds is 9. The maximum atomic E-state index is 11.6. The zero-order valence-corrected chi connectivity index (χ0v) is 21.9. The second-order valence-corrected chi connectivity index (χ2v) is 10.8. The molecule has 0 unspecified atom stereocenters. The summed E-state index contributed by atoms with van der Waals surface area (Å²) in [5.74, 6) is 2.55. The van der Waals surface area contributed by atoms with Crippen molar-refractivity contribution in [2.45, 2.75) is 45.3 Å². The van der Waals surface area contributed by atoms with E-state index >= 15 is 0 Å². The minimum absolute atomic E-state index is 0.138. The van der Waals surface area contributed by atoms with E-state index in [0.717, 1.165) is 82.7 Å². The number of benzene rings is 1. The van der Waals surface area contributed by atoms with E-state index in [4.69, 9.17) is 9.47 Å². The Bertz CT molecular complexity index is 836. The normalized spacial score (nSPS) is 25.2. The lowest BCUT2D eigenvalue weighted by molar-refractivity contribution is -0.130. The maximum Gasteiger partial charge on any atom is 0.219 e. The monoisotopic (exact) mass is 488 g/mol. The van der Waals surface area contributed by atoms with E-state index in [9.17, 15) is 9.90 Å². The lowest BCUT2D eigenvalue weighted by Crippen LogP contribution is -2.53. The summed E-state index contributed by atoms with van der Waals surface area (Å²) in [4.78, 5) is 20.5. The van der Waals surface area contributed by atoms with Crippen molar-refractivity contribution in [1.29, 1.82) is 0 Å². The van der Waals surface area contributed by atoms with Gasteiger partial charge in [0.25, 0.3) is 0 Å². The Morgan fingerprint density at radius 3 is 2.46 bits per heavy atom. The van der Waals surface area contributed by atoms with Gasteiger partial charge in [-0.3, -0.25) is 19.5 Å². The summed E-state index contributed by atoms with van der Waals surface area (Å²) in [5.41, 5.74) is 0.469. The number of ether oxygens (including phenoxy) is 2. The van der Waals surface area contributed by atoms with E-state index < -0.39 is 5.60 Å². The summed E-state index contributed by atoms with van der Waals surface area (Å²) in [5, 5.41) is 11.2. The van der Waals surface area contributed by atoms with Crippen LogP contribution in [0.2, 0.25) is 0 Å². The minimum atomic E-state index is -0.697. The van der Waals surface area contributed by atoms with Gasteiger partial charge in [0.15, 0.2) is 11.5 Å². The van der Waals surface area contributed by atoms with Gasteiger partial charge in [-0.05, 0) is 56.0 Å². The van der Waals surface area contributed by atoms with Crippen molar-refractivity contribution in [3.8, 4) is 11.5 Å². The van der Waals surface area contributed by atoms with Gasteiger partial charge < -0.3 is 19.5 Å². The second kappa shape index (κ2) is 11.9. The summed E-state index contributed by atoms with van der Waals surface area (Å²) in [6.07, 6.45) is 3.33. The number of carbonyl (C=O) groups excluding carboxylic acids is 1. The minimum Gasteiger partial charge on any atom is -0.493 e. The van der Waals surface area contributed by atoms with E-state index in [-0.39, 0.29) is 5.91 Å². The Kier molecular flexibility index (Phi) is 8.92. The van der Waals surface area contributed by atoms with E-state index in [2.05, 4.69) is 33.8 Å². The number of amides is 1. The van der Waals surface area contributed by atoms with Gasteiger partial charge in [0.1, 0.15) is 6.61 Å². The molecule has 0 aromatic heterocycles. The largest absolute Gasteiger partial charge is 0.493 e. The van der Waals surface area contributed by atoms with Crippen LogP contribution in [0, 0.1) is 5.92 Å². The fourth-order valence-corrected chi connectivity index (χ4v) is 5.60. The number of methoxy groups -OCH3 is 1. The zero-order valence-electron chi connectivity index (χ0n) is 21.9. The molecule has 0 saturated carbocycles. The van der Waals surface area contributed by atoms with E-state index in [0.29, 0.717) is 19.7 Å². The number of nitrogens with zero attached hydrogens (tertiary/aromatic N) is 4. The van der Waals surface area contributed by atoms with Crippen molar-refractivity contribution in [1.82, 2.24) is 19.6 Å². The molecule has 3 aliphatic heterocycles. The van der Waals surface area contributed by atoms with Crippen molar-refractivity contribution in [2.75, 3.05) is 79.2 Å². The average molecular weight is 489 g/mol. The van der Waals surface area contributed by atoms with Gasteiger partial charge in [-0.2, -0.15) is 0 Å². The second-order valence-electron chi connectivity index (χ2n) is 10.8. The number of aliphatic hydroxyl groups is 1. The van der Waals surface area contributed by atoms with Crippen molar-refractivity contribution < 1.29 is 19.4 Å². The van der Waals surface area contributed by atoms with Gasteiger partial charge in [0.2, 0.25) is 5.91 Å². The number of piperidine rings is 1. The molecule has 35 heavy (non-hydrogen) atoms. The molecular weight excluding hydrogens is 444 g/mol. The van der Waals surface area contributed by atoms with Crippen LogP contribution in [0.1, 0.15) is 38.7 Å². The Morgan fingerprint density at radius 2 is 1.77 bits per heavy atom. The molecule has 1 amide bonds. The third kappa shape index (κ3) is 7.32. The van der Waals surface area contributed by atoms with Gasteiger partial charge in [-0.25, -0.2) is 0 Å². The van der Waals surface area contributed by atoms with Crippen LogP contribution in [0.15, 0.2) is 18.2 Å². The maximum absolute atomic E-state index is 11.6. The molecule has 3 saturated heterocycles. The van der Waals surface area contributed by atoms with Gasteiger partial charge >= 0.3 is 0 Å². The summed E-state index contributed by atoms with van der Waals surface area (Å²) >= 11 is 0. The molecule has 1 aromatic carbocycles. The van der Waals surface area contributed by atoms with Gasteiger partial charge in [0.05, 0.1) is 12.7 Å². The molecule has 3 aliphatic rings. The van der Waals surface area contributed by atoms with Crippen LogP contribution in [-0.2, 0) is 11.3 Å². The molecule has 0 spiro atoms. The number of likely N-dealkylation sites (tertiary alicyclic amines) is 2. The van der Waals surface area contributed by atoms with Crippen LogP contribution in [0.4, 0.5) is 0 Å². The fourth-order valence-electron chi connectivity index (χ4n) is 5.60. The molecule has 0 aliphatic carbocycles. The first kappa shape index (κ1) is 26.2. The Morgan fingerprint density at radius 1 is 1.03 bits per heavy atom. The lowest BCUT2D eigenvalue weighted by Gasteiger charge is -2.38. The van der Waals surface area contributed by atoms with E-state index in [1.54, 1.807) is 14.0 Å². The molecule has 8 heteroatoms. The van der Waals surface area contributed by atoms with E-state index in [1.807, 2.05) is 11.0 Å². The van der Waals surface area contributed by atoms with Crippen LogP contribution < -0.4 is 9.47 Å².